The molecule has 32 heavy (non-hydrogen) atoms. The Balaban J connectivity index is 2.12. The first kappa shape index (κ1) is 25.1. The van der Waals surface area contributed by atoms with E-state index in [0.29, 0.717) is 0 Å². The van der Waals surface area contributed by atoms with Crippen LogP contribution in [0.4, 0.5) is 11.4 Å². The fraction of sp³-hybridized carbons (Fsp3) is 0.286. The van der Waals surface area contributed by atoms with Gasteiger partial charge in [0.25, 0.3) is 11.6 Å². The molecule has 0 saturated heterocycles. The molecule has 0 fully saturated rings. The zero-order valence-corrected chi connectivity index (χ0v) is 19.0. The molecule has 0 heterocycles. The van der Waals surface area contributed by atoms with E-state index in [-0.39, 0.29) is 45.6 Å². The molecule has 2 aromatic rings. The van der Waals surface area contributed by atoms with Crippen molar-refractivity contribution in [1.82, 2.24) is 0 Å². The quantitative estimate of drug-likeness (QED) is 0.249. The average molecular weight is 483 g/mol. The van der Waals surface area contributed by atoms with Gasteiger partial charge in [0.2, 0.25) is 0 Å². The lowest BCUT2D eigenvalue weighted by Gasteiger charge is -2.19. The molecule has 0 unspecified atom stereocenters. The predicted molar refractivity (Wildman–Crippen MR) is 118 cm³/mol. The van der Waals surface area contributed by atoms with Crippen LogP contribution >= 0.6 is 23.2 Å². The Morgan fingerprint density at radius 2 is 1.69 bits per heavy atom. The number of halogens is 2. The summed E-state index contributed by atoms with van der Waals surface area (Å²) in [7, 11) is 0. The van der Waals surface area contributed by atoms with Crippen molar-refractivity contribution in [3.05, 3.63) is 62.1 Å². The monoisotopic (exact) mass is 482 g/mol. The molecule has 1 N–H and O–H groups in total. The summed E-state index contributed by atoms with van der Waals surface area (Å²) in [6.07, 6.45) is -0.448. The van der Waals surface area contributed by atoms with Crippen molar-refractivity contribution in [3.8, 4) is 5.75 Å². The second-order valence-electron chi connectivity index (χ2n) is 7.58. The van der Waals surface area contributed by atoms with Crippen LogP contribution < -0.4 is 10.1 Å². The van der Waals surface area contributed by atoms with E-state index in [2.05, 4.69) is 5.32 Å². The lowest BCUT2D eigenvalue weighted by atomic mass is 10.1. The molecule has 2 aromatic carbocycles. The van der Waals surface area contributed by atoms with Gasteiger partial charge in [-0.2, -0.15) is 0 Å². The Labute approximate surface area is 193 Å². The summed E-state index contributed by atoms with van der Waals surface area (Å²) in [5, 5.41) is 13.5. The third-order valence-corrected chi connectivity index (χ3v) is 4.32. The van der Waals surface area contributed by atoms with Crippen LogP contribution in [0, 0.1) is 10.1 Å². The van der Waals surface area contributed by atoms with E-state index >= 15 is 0 Å². The Morgan fingerprint density at radius 3 is 2.28 bits per heavy atom. The number of ether oxygens (including phenoxy) is 2. The zero-order chi connectivity index (χ0) is 24.1. The number of hydrogen-bond acceptors (Lipinski definition) is 7. The van der Waals surface area contributed by atoms with Crippen LogP contribution in [0.25, 0.3) is 0 Å². The topological polar surface area (TPSA) is 125 Å². The SMILES string of the molecule is CC(C)(C)OC(=O)CCC(=O)Oc1ccc(Cl)cc1C(=O)Nc1ccc([N+](=O)[O-])cc1Cl. The van der Waals surface area contributed by atoms with Crippen LogP contribution in [0.15, 0.2) is 36.4 Å². The second kappa shape index (κ2) is 10.4. The lowest BCUT2D eigenvalue weighted by Crippen LogP contribution is -2.24. The Kier molecular flexibility index (Phi) is 8.18. The first-order valence-electron chi connectivity index (χ1n) is 9.33. The first-order chi connectivity index (χ1) is 14.9. The highest BCUT2D eigenvalue weighted by molar-refractivity contribution is 6.34. The number of anilines is 1. The number of amides is 1. The Morgan fingerprint density at radius 1 is 1.03 bits per heavy atom. The molecule has 0 radical (unpaired) electrons. The van der Waals surface area contributed by atoms with Crippen molar-refractivity contribution in [2.45, 2.75) is 39.2 Å². The van der Waals surface area contributed by atoms with Gasteiger partial charge in [-0.3, -0.25) is 24.5 Å². The summed E-state index contributed by atoms with van der Waals surface area (Å²) < 4.78 is 10.4. The van der Waals surface area contributed by atoms with Crippen LogP contribution in [0.2, 0.25) is 10.0 Å². The van der Waals surface area contributed by atoms with Crippen molar-refractivity contribution in [2.75, 3.05) is 5.32 Å². The van der Waals surface area contributed by atoms with Gasteiger partial charge in [-0.1, -0.05) is 23.2 Å². The summed E-state index contributed by atoms with van der Waals surface area (Å²) in [6, 6.07) is 7.58. The highest BCUT2D eigenvalue weighted by Crippen LogP contribution is 2.29. The fourth-order valence-corrected chi connectivity index (χ4v) is 2.84. The molecule has 0 spiro atoms. The molecule has 2 rings (SSSR count). The molecule has 0 saturated carbocycles. The number of non-ortho nitro benzene ring substituents is 1. The number of rotatable bonds is 7. The third-order valence-electron chi connectivity index (χ3n) is 3.77. The first-order valence-corrected chi connectivity index (χ1v) is 10.1. The number of carbonyl (C=O) groups excluding carboxylic acids is 3. The van der Waals surface area contributed by atoms with E-state index in [9.17, 15) is 24.5 Å². The van der Waals surface area contributed by atoms with Gasteiger partial charge in [0.1, 0.15) is 11.4 Å². The smallest absolute Gasteiger partial charge is 0.311 e. The van der Waals surface area contributed by atoms with Gasteiger partial charge >= 0.3 is 11.9 Å². The molecule has 0 atom stereocenters. The zero-order valence-electron chi connectivity index (χ0n) is 17.4. The highest BCUT2D eigenvalue weighted by Gasteiger charge is 2.21. The molecule has 0 bridgehead atoms. The number of nitrogens with zero attached hydrogens (tertiary/aromatic N) is 1. The minimum Gasteiger partial charge on any atom is -0.460 e. The summed E-state index contributed by atoms with van der Waals surface area (Å²) >= 11 is 12.0. The number of nitro benzene ring substituents is 1. The molecule has 1 amide bonds. The lowest BCUT2D eigenvalue weighted by molar-refractivity contribution is -0.384. The summed E-state index contributed by atoms with van der Waals surface area (Å²) in [5.74, 6) is -2.10. The average Bonchev–Trinajstić information content (AvgIpc) is 2.67. The molecular formula is C21H20Cl2N2O7. The number of nitrogens with one attached hydrogen (secondary N) is 1. The molecule has 170 valence electrons. The van der Waals surface area contributed by atoms with Gasteiger partial charge in [0, 0.05) is 17.2 Å². The standard InChI is InChI=1S/C21H20Cl2N2O7/c1-21(2,3)32-19(27)9-8-18(26)31-17-7-4-12(22)10-14(17)20(28)24-16-6-5-13(25(29)30)11-15(16)23/h4-7,10-11H,8-9H2,1-3H3,(H,24,28). The van der Waals surface area contributed by atoms with E-state index in [0.717, 1.165) is 6.07 Å². The second-order valence-corrected chi connectivity index (χ2v) is 8.42. The van der Waals surface area contributed by atoms with Crippen molar-refractivity contribution in [1.29, 1.82) is 0 Å². The van der Waals surface area contributed by atoms with Crippen LogP contribution in [-0.2, 0) is 14.3 Å². The van der Waals surface area contributed by atoms with E-state index in [1.807, 2.05) is 0 Å². The fourth-order valence-electron chi connectivity index (χ4n) is 2.45. The highest BCUT2D eigenvalue weighted by atomic mass is 35.5. The molecular weight excluding hydrogens is 463 g/mol. The van der Waals surface area contributed by atoms with E-state index in [4.69, 9.17) is 32.7 Å². The van der Waals surface area contributed by atoms with Crippen molar-refractivity contribution in [3.63, 3.8) is 0 Å². The largest absolute Gasteiger partial charge is 0.460 e. The molecule has 11 heteroatoms. The maximum Gasteiger partial charge on any atom is 0.311 e. The molecule has 9 nitrogen and oxygen atoms in total. The predicted octanol–water partition coefficient (Wildman–Crippen LogP) is 5.18. The molecule has 0 aliphatic carbocycles. The Hall–Kier alpha value is -3.17. The van der Waals surface area contributed by atoms with Gasteiger partial charge < -0.3 is 14.8 Å². The van der Waals surface area contributed by atoms with Crippen molar-refractivity contribution >= 4 is 52.4 Å². The normalized spacial score (nSPS) is 10.9. The van der Waals surface area contributed by atoms with Crippen LogP contribution in [0.5, 0.6) is 5.75 Å². The van der Waals surface area contributed by atoms with Gasteiger partial charge in [-0.05, 0) is 45.0 Å². The van der Waals surface area contributed by atoms with E-state index in [1.165, 1.54) is 30.3 Å². The molecule has 0 aliphatic heterocycles. The number of benzene rings is 2. The van der Waals surface area contributed by atoms with E-state index < -0.39 is 28.4 Å². The summed E-state index contributed by atoms with van der Waals surface area (Å²) in [5.41, 5.74) is -0.876. The van der Waals surface area contributed by atoms with Crippen LogP contribution in [-0.4, -0.2) is 28.4 Å². The van der Waals surface area contributed by atoms with Gasteiger partial charge in [0.05, 0.1) is 34.0 Å². The van der Waals surface area contributed by atoms with Gasteiger partial charge in [0.15, 0.2) is 0 Å². The number of hydrogen-bond donors (Lipinski definition) is 1. The van der Waals surface area contributed by atoms with Gasteiger partial charge in [-0.25, -0.2) is 0 Å². The maximum atomic E-state index is 12.7. The Bertz CT molecular complexity index is 1060. The number of esters is 2. The summed E-state index contributed by atoms with van der Waals surface area (Å²) in [4.78, 5) is 46.9. The minimum atomic E-state index is -0.749. The van der Waals surface area contributed by atoms with Crippen molar-refractivity contribution < 1.29 is 28.8 Å². The van der Waals surface area contributed by atoms with Crippen LogP contribution in [0.1, 0.15) is 44.0 Å². The van der Waals surface area contributed by atoms with E-state index in [1.54, 1.807) is 20.8 Å². The third kappa shape index (κ3) is 7.51. The van der Waals surface area contributed by atoms with Gasteiger partial charge in [-0.15, -0.1) is 0 Å². The summed E-state index contributed by atoms with van der Waals surface area (Å²) in [6.45, 7) is 5.12. The number of nitro groups is 1. The minimum absolute atomic E-state index is 0.0505. The number of carbonyl (C=O) groups is 3. The van der Waals surface area contributed by atoms with Crippen LogP contribution in [0.3, 0.4) is 0 Å². The molecule has 0 aliphatic rings. The molecule has 0 aromatic heterocycles. The van der Waals surface area contributed by atoms with Crippen molar-refractivity contribution in [2.24, 2.45) is 0 Å². The maximum absolute atomic E-state index is 12.7.